The van der Waals surface area contributed by atoms with Crippen molar-refractivity contribution >= 4 is 5.71 Å². The molecule has 0 amide bonds. The average molecular weight is 402 g/mol. The monoisotopic (exact) mass is 402 g/mol. The quantitative estimate of drug-likeness (QED) is 0.248. The number of nitrogens with one attached hydrogen (secondary N) is 1. The van der Waals surface area contributed by atoms with Gasteiger partial charge in [0.15, 0.2) is 17.3 Å². The van der Waals surface area contributed by atoms with Crippen molar-refractivity contribution in [2.45, 2.75) is 38.0 Å². The second-order valence-electron chi connectivity index (χ2n) is 6.67. The van der Waals surface area contributed by atoms with Gasteiger partial charge < -0.3 is 11.2 Å². The van der Waals surface area contributed by atoms with Gasteiger partial charge >= 0.3 is 6.18 Å². The standard InChI is InChI=1S/C19H23F5N4/c1-12(3-6-18(27-25)19(22,23)24)26-15-7-9-28(10-8-15)13(2)14-4-5-16(20)17(21)11-14/h3-6,11,13,15,26H,1,7-10,25H2,2H3/b6-3-,27-18+. The predicted octanol–water partition coefficient (Wildman–Crippen LogP) is 4.03. The van der Waals surface area contributed by atoms with E-state index in [-0.39, 0.29) is 12.1 Å². The minimum absolute atomic E-state index is 0.0507. The Morgan fingerprint density at radius 1 is 1.25 bits per heavy atom. The Labute approximate surface area is 160 Å². The fourth-order valence-corrected chi connectivity index (χ4v) is 3.11. The zero-order chi connectivity index (χ0) is 20.9. The summed E-state index contributed by atoms with van der Waals surface area (Å²) in [6.45, 7) is 7.03. The van der Waals surface area contributed by atoms with Crippen LogP contribution in [0.1, 0.15) is 31.4 Å². The maximum atomic E-state index is 13.4. The van der Waals surface area contributed by atoms with Crippen LogP contribution in [0.25, 0.3) is 0 Å². The van der Waals surface area contributed by atoms with E-state index in [2.05, 4.69) is 21.9 Å². The van der Waals surface area contributed by atoms with Crippen LogP contribution in [0.5, 0.6) is 0 Å². The Bertz CT molecular complexity index is 749. The lowest BCUT2D eigenvalue weighted by Crippen LogP contribution is -2.42. The maximum absolute atomic E-state index is 13.4. The molecule has 1 aliphatic heterocycles. The molecule has 0 aliphatic carbocycles. The van der Waals surface area contributed by atoms with Crippen LogP contribution < -0.4 is 11.2 Å². The highest BCUT2D eigenvalue weighted by Crippen LogP contribution is 2.25. The Kier molecular flexibility index (Phi) is 7.17. The van der Waals surface area contributed by atoms with Crippen LogP contribution in [0.2, 0.25) is 0 Å². The molecule has 0 aromatic heterocycles. The van der Waals surface area contributed by atoms with Gasteiger partial charge in [0.05, 0.1) is 0 Å². The third kappa shape index (κ3) is 5.79. The summed E-state index contributed by atoms with van der Waals surface area (Å²) in [5, 5.41) is 5.81. The Morgan fingerprint density at radius 2 is 1.89 bits per heavy atom. The Morgan fingerprint density at radius 3 is 2.43 bits per heavy atom. The number of hydrogen-bond acceptors (Lipinski definition) is 4. The van der Waals surface area contributed by atoms with E-state index in [0.717, 1.165) is 25.0 Å². The van der Waals surface area contributed by atoms with Crippen LogP contribution in [-0.4, -0.2) is 35.9 Å². The van der Waals surface area contributed by atoms with Crippen LogP contribution in [-0.2, 0) is 0 Å². The minimum atomic E-state index is -4.62. The molecule has 1 aromatic rings. The molecule has 0 saturated carbocycles. The van der Waals surface area contributed by atoms with E-state index in [4.69, 9.17) is 5.84 Å². The second kappa shape index (κ2) is 9.18. The summed E-state index contributed by atoms with van der Waals surface area (Å²) >= 11 is 0. The zero-order valence-corrected chi connectivity index (χ0v) is 15.4. The maximum Gasteiger partial charge on any atom is 0.435 e. The second-order valence-corrected chi connectivity index (χ2v) is 6.67. The van der Waals surface area contributed by atoms with E-state index in [1.165, 1.54) is 12.1 Å². The molecule has 1 saturated heterocycles. The van der Waals surface area contributed by atoms with Gasteiger partial charge in [-0.05, 0) is 49.6 Å². The molecule has 4 nitrogen and oxygen atoms in total. The number of nitrogens with two attached hydrogens (primary N) is 1. The summed E-state index contributed by atoms with van der Waals surface area (Å²) in [4.78, 5) is 2.15. The average Bonchev–Trinajstić information content (AvgIpc) is 2.63. The third-order valence-electron chi connectivity index (χ3n) is 4.76. The third-order valence-corrected chi connectivity index (χ3v) is 4.76. The summed E-state index contributed by atoms with van der Waals surface area (Å²) < 4.78 is 64.2. The number of allylic oxidation sites excluding steroid dienone is 2. The number of rotatable bonds is 6. The lowest BCUT2D eigenvalue weighted by molar-refractivity contribution is -0.0578. The molecule has 3 N–H and O–H groups in total. The van der Waals surface area contributed by atoms with Gasteiger partial charge in [0.2, 0.25) is 0 Å². The fraction of sp³-hybridized carbons (Fsp3) is 0.421. The first kappa shape index (κ1) is 21.9. The lowest BCUT2D eigenvalue weighted by atomic mass is 10.00. The summed E-state index contributed by atoms with van der Waals surface area (Å²) in [7, 11) is 0. The van der Waals surface area contributed by atoms with Crippen molar-refractivity contribution in [3.05, 3.63) is 59.8 Å². The van der Waals surface area contributed by atoms with Gasteiger partial charge in [0.25, 0.3) is 0 Å². The molecule has 2 rings (SSSR count). The van der Waals surface area contributed by atoms with Crippen LogP contribution in [0.4, 0.5) is 22.0 Å². The Balaban J connectivity index is 1.86. The first-order chi connectivity index (χ1) is 13.1. The SMILES string of the molecule is C=C(/C=C\C(=N/N)C(F)(F)F)NC1CCN(C(C)c2ccc(F)c(F)c2)CC1. The topological polar surface area (TPSA) is 53.6 Å². The number of alkyl halides is 3. The van der Waals surface area contributed by atoms with Crippen molar-refractivity contribution in [3.63, 3.8) is 0 Å². The molecular formula is C19H23F5N4. The highest BCUT2D eigenvalue weighted by molar-refractivity contribution is 5.99. The molecule has 0 spiro atoms. The van der Waals surface area contributed by atoms with Crippen molar-refractivity contribution in [3.8, 4) is 0 Å². The largest absolute Gasteiger partial charge is 0.435 e. The van der Waals surface area contributed by atoms with Crippen LogP contribution in [0, 0.1) is 11.6 Å². The summed E-state index contributed by atoms with van der Waals surface area (Å²) in [5.41, 5.74) is -0.165. The smallest absolute Gasteiger partial charge is 0.383 e. The molecule has 1 aromatic carbocycles. The van der Waals surface area contributed by atoms with E-state index >= 15 is 0 Å². The summed E-state index contributed by atoms with van der Waals surface area (Å²) in [5.74, 6) is 3.01. The van der Waals surface area contributed by atoms with Gasteiger partial charge in [0.1, 0.15) is 0 Å². The van der Waals surface area contributed by atoms with Crippen molar-refractivity contribution in [2.75, 3.05) is 13.1 Å². The van der Waals surface area contributed by atoms with E-state index in [0.29, 0.717) is 24.4 Å². The number of halogens is 5. The Hall–Kier alpha value is -2.42. The van der Waals surface area contributed by atoms with E-state index in [1.54, 1.807) is 6.07 Å². The number of benzene rings is 1. The summed E-state index contributed by atoms with van der Waals surface area (Å²) in [6, 6.07) is 3.86. The predicted molar refractivity (Wildman–Crippen MR) is 98.5 cm³/mol. The lowest BCUT2D eigenvalue weighted by Gasteiger charge is -2.37. The molecule has 0 bridgehead atoms. The van der Waals surface area contributed by atoms with Gasteiger partial charge in [-0.3, -0.25) is 4.90 Å². The number of nitrogens with zero attached hydrogens (tertiary/aromatic N) is 2. The highest BCUT2D eigenvalue weighted by Gasteiger charge is 2.33. The van der Waals surface area contributed by atoms with Gasteiger partial charge in [-0.1, -0.05) is 12.6 Å². The molecule has 1 fully saturated rings. The molecule has 1 aliphatic rings. The molecule has 28 heavy (non-hydrogen) atoms. The van der Waals surface area contributed by atoms with Crippen molar-refractivity contribution in [2.24, 2.45) is 10.9 Å². The van der Waals surface area contributed by atoms with Crippen LogP contribution in [0.15, 0.2) is 47.7 Å². The molecule has 1 heterocycles. The van der Waals surface area contributed by atoms with Crippen LogP contribution in [0.3, 0.4) is 0 Å². The fourth-order valence-electron chi connectivity index (χ4n) is 3.11. The van der Waals surface area contributed by atoms with Crippen molar-refractivity contribution < 1.29 is 22.0 Å². The van der Waals surface area contributed by atoms with Gasteiger partial charge in [-0.15, -0.1) is 0 Å². The normalized spacial score (nSPS) is 18.4. The van der Waals surface area contributed by atoms with E-state index in [9.17, 15) is 22.0 Å². The highest BCUT2D eigenvalue weighted by atomic mass is 19.4. The molecule has 0 radical (unpaired) electrons. The van der Waals surface area contributed by atoms with E-state index < -0.39 is 23.5 Å². The molecule has 154 valence electrons. The zero-order valence-electron chi connectivity index (χ0n) is 15.4. The minimum Gasteiger partial charge on any atom is -0.383 e. The van der Waals surface area contributed by atoms with Gasteiger partial charge in [0, 0.05) is 30.9 Å². The van der Waals surface area contributed by atoms with Crippen molar-refractivity contribution in [1.29, 1.82) is 0 Å². The number of likely N-dealkylation sites (tertiary alicyclic amines) is 1. The number of hydrogen-bond donors (Lipinski definition) is 2. The molecule has 1 unspecified atom stereocenters. The first-order valence-corrected chi connectivity index (χ1v) is 8.79. The van der Waals surface area contributed by atoms with Gasteiger partial charge in [-0.25, -0.2) is 8.78 Å². The first-order valence-electron chi connectivity index (χ1n) is 8.79. The molecular weight excluding hydrogens is 379 g/mol. The molecule has 1 atom stereocenters. The molecule has 9 heteroatoms. The number of hydrazone groups is 1. The number of piperidine rings is 1. The summed E-state index contributed by atoms with van der Waals surface area (Å²) in [6.07, 6.45) is -1.19. The van der Waals surface area contributed by atoms with E-state index in [1.807, 2.05) is 6.92 Å². The van der Waals surface area contributed by atoms with Gasteiger partial charge in [-0.2, -0.15) is 18.3 Å². The van der Waals surface area contributed by atoms with Crippen molar-refractivity contribution in [1.82, 2.24) is 10.2 Å². The van der Waals surface area contributed by atoms with Crippen LogP contribution >= 0.6 is 0 Å².